The van der Waals surface area contributed by atoms with Gasteiger partial charge in [-0.1, -0.05) is 43.5 Å². The predicted molar refractivity (Wildman–Crippen MR) is 80.2 cm³/mol. The minimum absolute atomic E-state index is 0.192. The van der Waals surface area contributed by atoms with Crippen LogP contribution in [-0.2, 0) is 22.7 Å². The monoisotopic (exact) mass is 275 g/mol. The quantitative estimate of drug-likeness (QED) is 0.864. The molecule has 3 heteroatoms. The average Bonchev–Trinajstić information content (AvgIpc) is 2.48. The van der Waals surface area contributed by atoms with Gasteiger partial charge in [0.1, 0.15) is 0 Å². The number of benzene rings is 1. The van der Waals surface area contributed by atoms with Crippen molar-refractivity contribution in [3.8, 4) is 0 Å². The van der Waals surface area contributed by atoms with Gasteiger partial charge in [0.2, 0.25) is 5.91 Å². The van der Waals surface area contributed by atoms with Crippen LogP contribution in [0.15, 0.2) is 24.3 Å². The number of methoxy groups -OCH3 is 1. The Labute approximate surface area is 121 Å². The van der Waals surface area contributed by atoms with Gasteiger partial charge in [-0.2, -0.15) is 0 Å². The predicted octanol–water partition coefficient (Wildman–Crippen LogP) is 3.42. The molecule has 2 rings (SSSR count). The molecule has 0 atom stereocenters. The zero-order valence-electron chi connectivity index (χ0n) is 12.4. The van der Waals surface area contributed by atoms with E-state index in [0.717, 1.165) is 11.1 Å². The third-order valence-corrected chi connectivity index (χ3v) is 4.02. The summed E-state index contributed by atoms with van der Waals surface area (Å²) in [5.41, 5.74) is 2.30. The van der Waals surface area contributed by atoms with Gasteiger partial charge >= 0.3 is 0 Å². The molecule has 1 N–H and O–H groups in total. The van der Waals surface area contributed by atoms with Gasteiger partial charge in [0.05, 0.1) is 6.61 Å². The van der Waals surface area contributed by atoms with E-state index < -0.39 is 0 Å². The van der Waals surface area contributed by atoms with Crippen LogP contribution in [0.25, 0.3) is 0 Å². The highest BCUT2D eigenvalue weighted by atomic mass is 16.5. The Kier molecular flexibility index (Phi) is 6.06. The van der Waals surface area contributed by atoms with Crippen molar-refractivity contribution in [1.29, 1.82) is 0 Å². The fraction of sp³-hybridized carbons (Fsp3) is 0.588. The summed E-state index contributed by atoms with van der Waals surface area (Å²) in [7, 11) is 1.69. The van der Waals surface area contributed by atoms with Gasteiger partial charge in [-0.3, -0.25) is 4.79 Å². The van der Waals surface area contributed by atoms with E-state index in [0.29, 0.717) is 25.5 Å². The average molecular weight is 275 g/mol. The molecule has 1 amide bonds. The van der Waals surface area contributed by atoms with Crippen molar-refractivity contribution in [2.24, 2.45) is 5.92 Å². The standard InChI is InChI=1S/C17H25NO2/c1-20-13-16-9-7-15(8-10-16)12-18-17(19)11-14-5-3-2-4-6-14/h7-10,14H,2-6,11-13H2,1H3,(H,18,19). The lowest BCUT2D eigenvalue weighted by atomic mass is 9.87. The Morgan fingerprint density at radius 2 is 1.80 bits per heavy atom. The number of ether oxygens (including phenoxy) is 1. The summed E-state index contributed by atoms with van der Waals surface area (Å²) in [5.74, 6) is 0.797. The van der Waals surface area contributed by atoms with Crippen LogP contribution in [0.4, 0.5) is 0 Å². The van der Waals surface area contributed by atoms with E-state index in [1.165, 1.54) is 32.1 Å². The van der Waals surface area contributed by atoms with Crippen molar-refractivity contribution in [1.82, 2.24) is 5.32 Å². The SMILES string of the molecule is COCc1ccc(CNC(=O)CC2CCCCC2)cc1. The fourth-order valence-electron chi connectivity index (χ4n) is 2.85. The minimum Gasteiger partial charge on any atom is -0.380 e. The second kappa shape index (κ2) is 8.05. The lowest BCUT2D eigenvalue weighted by Crippen LogP contribution is -2.25. The Balaban J connectivity index is 1.72. The van der Waals surface area contributed by atoms with Crippen LogP contribution in [0.3, 0.4) is 0 Å². The number of carbonyl (C=O) groups excluding carboxylic acids is 1. The summed E-state index contributed by atoms with van der Waals surface area (Å²) in [6.07, 6.45) is 7.06. The molecule has 1 saturated carbocycles. The number of carbonyl (C=O) groups is 1. The molecule has 3 nitrogen and oxygen atoms in total. The van der Waals surface area contributed by atoms with E-state index in [2.05, 4.69) is 17.4 Å². The van der Waals surface area contributed by atoms with Gasteiger partial charge in [0.25, 0.3) is 0 Å². The van der Waals surface area contributed by atoms with Gasteiger partial charge in [0.15, 0.2) is 0 Å². The molecular formula is C17H25NO2. The van der Waals surface area contributed by atoms with E-state index in [1.54, 1.807) is 7.11 Å². The second-order valence-corrected chi connectivity index (χ2v) is 5.73. The summed E-state index contributed by atoms with van der Waals surface area (Å²) < 4.78 is 5.08. The largest absolute Gasteiger partial charge is 0.380 e. The first-order valence-electron chi connectivity index (χ1n) is 7.61. The van der Waals surface area contributed by atoms with Crippen LogP contribution in [0.1, 0.15) is 49.7 Å². The van der Waals surface area contributed by atoms with Gasteiger partial charge in [-0.25, -0.2) is 0 Å². The number of hydrogen-bond acceptors (Lipinski definition) is 2. The third kappa shape index (κ3) is 4.97. The van der Waals surface area contributed by atoms with E-state index in [1.807, 2.05) is 12.1 Å². The highest BCUT2D eigenvalue weighted by Crippen LogP contribution is 2.26. The zero-order valence-corrected chi connectivity index (χ0v) is 12.4. The normalized spacial score (nSPS) is 16.1. The van der Waals surface area contributed by atoms with Crippen molar-refractivity contribution in [3.63, 3.8) is 0 Å². The molecule has 1 aliphatic carbocycles. The molecular weight excluding hydrogens is 250 g/mol. The smallest absolute Gasteiger partial charge is 0.220 e. The molecule has 0 spiro atoms. The van der Waals surface area contributed by atoms with Crippen LogP contribution in [0.2, 0.25) is 0 Å². The molecule has 0 heterocycles. The molecule has 0 unspecified atom stereocenters. The summed E-state index contributed by atoms with van der Waals surface area (Å²) in [5, 5.41) is 3.03. The van der Waals surface area contributed by atoms with Crippen molar-refractivity contribution >= 4 is 5.91 Å². The minimum atomic E-state index is 0.192. The summed E-state index contributed by atoms with van der Waals surface area (Å²) in [6.45, 7) is 1.26. The molecule has 0 radical (unpaired) electrons. The number of hydrogen-bond donors (Lipinski definition) is 1. The van der Waals surface area contributed by atoms with Crippen molar-refractivity contribution in [3.05, 3.63) is 35.4 Å². The molecule has 1 aromatic carbocycles. The first-order chi connectivity index (χ1) is 9.78. The van der Waals surface area contributed by atoms with Gasteiger partial charge in [-0.05, 0) is 29.9 Å². The van der Waals surface area contributed by atoms with Crippen LogP contribution in [-0.4, -0.2) is 13.0 Å². The van der Waals surface area contributed by atoms with Crippen LogP contribution >= 0.6 is 0 Å². The highest BCUT2D eigenvalue weighted by molar-refractivity contribution is 5.76. The second-order valence-electron chi connectivity index (χ2n) is 5.73. The Bertz CT molecular complexity index is 408. The molecule has 0 aromatic heterocycles. The van der Waals surface area contributed by atoms with E-state index in [9.17, 15) is 4.79 Å². The zero-order chi connectivity index (χ0) is 14.2. The maximum absolute atomic E-state index is 11.9. The maximum Gasteiger partial charge on any atom is 0.220 e. The first-order valence-corrected chi connectivity index (χ1v) is 7.61. The molecule has 0 aliphatic heterocycles. The molecule has 1 aliphatic rings. The molecule has 20 heavy (non-hydrogen) atoms. The lowest BCUT2D eigenvalue weighted by molar-refractivity contribution is -0.122. The van der Waals surface area contributed by atoms with E-state index in [4.69, 9.17) is 4.74 Å². The van der Waals surface area contributed by atoms with Crippen LogP contribution in [0.5, 0.6) is 0 Å². The molecule has 1 fully saturated rings. The van der Waals surface area contributed by atoms with Crippen molar-refractivity contribution < 1.29 is 9.53 Å². The number of nitrogens with one attached hydrogen (secondary N) is 1. The summed E-state index contributed by atoms with van der Waals surface area (Å²) in [6, 6.07) is 8.20. The van der Waals surface area contributed by atoms with Crippen molar-refractivity contribution in [2.45, 2.75) is 51.7 Å². The van der Waals surface area contributed by atoms with Crippen molar-refractivity contribution in [2.75, 3.05) is 7.11 Å². The topological polar surface area (TPSA) is 38.3 Å². The summed E-state index contributed by atoms with van der Waals surface area (Å²) >= 11 is 0. The fourth-order valence-corrected chi connectivity index (χ4v) is 2.85. The lowest BCUT2D eigenvalue weighted by Gasteiger charge is -2.20. The first kappa shape index (κ1) is 15.0. The molecule has 0 bridgehead atoms. The molecule has 110 valence electrons. The van der Waals surface area contributed by atoms with Crippen LogP contribution in [0, 0.1) is 5.92 Å². The Morgan fingerprint density at radius 1 is 1.15 bits per heavy atom. The number of rotatable bonds is 6. The van der Waals surface area contributed by atoms with Gasteiger partial charge in [0, 0.05) is 20.1 Å². The third-order valence-electron chi connectivity index (χ3n) is 4.02. The summed E-state index contributed by atoms with van der Waals surface area (Å²) in [4.78, 5) is 11.9. The highest BCUT2D eigenvalue weighted by Gasteiger charge is 2.16. The van der Waals surface area contributed by atoms with E-state index >= 15 is 0 Å². The number of amides is 1. The Hall–Kier alpha value is -1.35. The van der Waals surface area contributed by atoms with Gasteiger partial charge < -0.3 is 10.1 Å². The van der Waals surface area contributed by atoms with E-state index in [-0.39, 0.29) is 5.91 Å². The molecule has 0 saturated heterocycles. The molecule has 1 aromatic rings. The Morgan fingerprint density at radius 3 is 2.45 bits per heavy atom. The van der Waals surface area contributed by atoms with Crippen LogP contribution < -0.4 is 5.32 Å². The van der Waals surface area contributed by atoms with Gasteiger partial charge in [-0.15, -0.1) is 0 Å². The maximum atomic E-state index is 11.9.